The molecule has 4 saturated carbocycles. The molecule has 2 unspecified atom stereocenters. The van der Waals surface area contributed by atoms with Crippen molar-refractivity contribution < 1.29 is 4.79 Å². The molecule has 1 heteroatoms. The van der Waals surface area contributed by atoms with Crippen molar-refractivity contribution in [2.75, 3.05) is 0 Å². The highest BCUT2D eigenvalue weighted by atomic mass is 16.1. The monoisotopic (exact) mass is 206 g/mol. The summed E-state index contributed by atoms with van der Waals surface area (Å²) in [5.74, 6) is 2.33. The van der Waals surface area contributed by atoms with E-state index in [9.17, 15) is 4.79 Å². The van der Waals surface area contributed by atoms with Crippen molar-refractivity contribution in [2.45, 2.75) is 58.8 Å². The van der Waals surface area contributed by atoms with Crippen LogP contribution in [-0.2, 0) is 4.79 Å². The van der Waals surface area contributed by atoms with E-state index < -0.39 is 0 Å². The van der Waals surface area contributed by atoms with Crippen LogP contribution in [0.2, 0.25) is 0 Å². The van der Waals surface area contributed by atoms with Gasteiger partial charge in [0, 0.05) is 11.8 Å². The van der Waals surface area contributed by atoms with Gasteiger partial charge < -0.3 is 0 Å². The lowest BCUT2D eigenvalue weighted by atomic mass is 9.43. The summed E-state index contributed by atoms with van der Waals surface area (Å²) in [4.78, 5) is 12.2. The molecular weight excluding hydrogens is 184 g/mol. The number of Topliss-reactive ketones (excluding diaryl/α,β-unsaturated/α-hetero) is 1. The molecule has 0 saturated heterocycles. The van der Waals surface area contributed by atoms with Crippen LogP contribution in [0.15, 0.2) is 0 Å². The molecule has 0 aromatic heterocycles. The highest BCUT2D eigenvalue weighted by Gasteiger charge is 2.57. The van der Waals surface area contributed by atoms with E-state index in [0.29, 0.717) is 11.2 Å². The van der Waals surface area contributed by atoms with Crippen LogP contribution in [0.4, 0.5) is 0 Å². The number of ketones is 1. The minimum absolute atomic E-state index is 0.133. The van der Waals surface area contributed by atoms with Crippen LogP contribution in [-0.4, -0.2) is 5.78 Å². The van der Waals surface area contributed by atoms with Gasteiger partial charge >= 0.3 is 0 Å². The number of hydrogen-bond donors (Lipinski definition) is 0. The molecule has 84 valence electrons. The smallest absolute Gasteiger partial charge is 0.138 e. The van der Waals surface area contributed by atoms with Gasteiger partial charge in [-0.3, -0.25) is 4.79 Å². The molecule has 0 aliphatic heterocycles. The van der Waals surface area contributed by atoms with E-state index in [2.05, 4.69) is 6.92 Å². The van der Waals surface area contributed by atoms with Gasteiger partial charge in [-0.15, -0.1) is 0 Å². The first-order chi connectivity index (χ1) is 7.05. The number of carbonyl (C=O) groups excluding carboxylic acids is 1. The van der Waals surface area contributed by atoms with E-state index in [0.717, 1.165) is 18.3 Å². The zero-order valence-corrected chi connectivity index (χ0v) is 10.0. The minimum atomic E-state index is 0.133. The molecule has 0 spiro atoms. The van der Waals surface area contributed by atoms with Crippen molar-refractivity contribution >= 4 is 5.78 Å². The Labute approximate surface area is 92.6 Å². The van der Waals surface area contributed by atoms with Gasteiger partial charge in [-0.1, -0.05) is 13.8 Å². The van der Waals surface area contributed by atoms with Crippen molar-refractivity contribution in [1.82, 2.24) is 0 Å². The van der Waals surface area contributed by atoms with Crippen molar-refractivity contribution in [1.29, 1.82) is 0 Å². The molecule has 0 aromatic rings. The number of carbonyl (C=O) groups is 1. The normalized spacial score (nSPS) is 52.1. The van der Waals surface area contributed by atoms with E-state index in [4.69, 9.17) is 0 Å². The first-order valence-corrected chi connectivity index (χ1v) is 6.59. The number of rotatable bonds is 2. The van der Waals surface area contributed by atoms with Crippen molar-refractivity contribution in [3.8, 4) is 0 Å². The molecule has 0 aromatic carbocycles. The van der Waals surface area contributed by atoms with Crippen molar-refractivity contribution in [2.24, 2.45) is 22.7 Å². The Kier molecular flexibility index (Phi) is 1.88. The fourth-order valence-electron chi connectivity index (χ4n) is 5.42. The van der Waals surface area contributed by atoms with Gasteiger partial charge in [0.1, 0.15) is 5.78 Å². The van der Waals surface area contributed by atoms with Crippen LogP contribution in [0.3, 0.4) is 0 Å². The van der Waals surface area contributed by atoms with Crippen LogP contribution in [0.5, 0.6) is 0 Å². The van der Waals surface area contributed by atoms with E-state index in [1.807, 2.05) is 6.92 Å². The van der Waals surface area contributed by atoms with Crippen LogP contribution in [0.25, 0.3) is 0 Å². The van der Waals surface area contributed by atoms with E-state index >= 15 is 0 Å². The molecule has 4 aliphatic rings. The Balaban J connectivity index is 1.96. The van der Waals surface area contributed by atoms with Gasteiger partial charge in [0.15, 0.2) is 0 Å². The molecule has 1 nitrogen and oxygen atoms in total. The lowest BCUT2D eigenvalue weighted by Gasteiger charge is -2.60. The van der Waals surface area contributed by atoms with Gasteiger partial charge in [0.05, 0.1) is 0 Å². The predicted octanol–water partition coefficient (Wildman–Crippen LogP) is 3.57. The van der Waals surface area contributed by atoms with E-state index in [1.165, 1.54) is 38.5 Å². The molecule has 0 radical (unpaired) electrons. The van der Waals surface area contributed by atoms with E-state index in [1.54, 1.807) is 0 Å². The maximum Gasteiger partial charge on any atom is 0.138 e. The average molecular weight is 206 g/mol. The van der Waals surface area contributed by atoms with Gasteiger partial charge in [-0.25, -0.2) is 0 Å². The molecule has 0 heterocycles. The van der Waals surface area contributed by atoms with Gasteiger partial charge in [0.2, 0.25) is 0 Å². The Hall–Kier alpha value is -0.330. The van der Waals surface area contributed by atoms with Gasteiger partial charge in [-0.05, 0) is 55.8 Å². The van der Waals surface area contributed by atoms with Gasteiger partial charge in [0.25, 0.3) is 0 Å². The second kappa shape index (κ2) is 2.87. The third kappa shape index (κ3) is 1.31. The molecule has 15 heavy (non-hydrogen) atoms. The Morgan fingerprint density at radius 3 is 2.27 bits per heavy atom. The Morgan fingerprint density at radius 2 is 1.80 bits per heavy atom. The maximum atomic E-state index is 12.2. The quantitative estimate of drug-likeness (QED) is 0.675. The second-order valence-corrected chi connectivity index (χ2v) is 6.83. The fraction of sp³-hybridized carbons (Fsp3) is 0.929. The summed E-state index contributed by atoms with van der Waals surface area (Å²) in [5, 5.41) is 0. The summed E-state index contributed by atoms with van der Waals surface area (Å²) in [5.41, 5.74) is 0.655. The summed E-state index contributed by atoms with van der Waals surface area (Å²) in [6.45, 7) is 4.48. The third-order valence-corrected chi connectivity index (χ3v) is 5.27. The zero-order valence-electron chi connectivity index (χ0n) is 10.0. The predicted molar refractivity (Wildman–Crippen MR) is 60.5 cm³/mol. The maximum absolute atomic E-state index is 12.2. The first-order valence-electron chi connectivity index (χ1n) is 6.59. The topological polar surface area (TPSA) is 17.1 Å². The molecule has 4 rings (SSSR count). The zero-order chi connectivity index (χ0) is 10.7. The van der Waals surface area contributed by atoms with Crippen molar-refractivity contribution in [3.63, 3.8) is 0 Å². The Bertz CT molecular complexity index is 290. The summed E-state index contributed by atoms with van der Waals surface area (Å²) < 4.78 is 0. The molecule has 4 fully saturated rings. The third-order valence-electron chi connectivity index (χ3n) is 5.27. The molecule has 0 N–H and O–H groups in total. The first kappa shape index (κ1) is 9.86. The SMILES string of the molecule is CCC(=O)C12CC3CC(CC(C)(C3)C1)C2. The molecule has 4 bridgehead atoms. The molecule has 2 atom stereocenters. The highest BCUT2D eigenvalue weighted by molar-refractivity contribution is 5.85. The fourth-order valence-corrected chi connectivity index (χ4v) is 5.42. The van der Waals surface area contributed by atoms with Crippen molar-refractivity contribution in [3.05, 3.63) is 0 Å². The summed E-state index contributed by atoms with van der Waals surface area (Å²) in [6, 6.07) is 0. The summed E-state index contributed by atoms with van der Waals surface area (Å²) in [7, 11) is 0. The second-order valence-electron chi connectivity index (χ2n) is 6.83. The standard InChI is InChI=1S/C14H22O/c1-3-12(15)14-7-10-4-11(8-14)6-13(2,5-10)9-14/h10-11H,3-9H2,1-2H3. The van der Waals surface area contributed by atoms with Gasteiger partial charge in [-0.2, -0.15) is 0 Å². The largest absolute Gasteiger partial charge is 0.299 e. The lowest BCUT2D eigenvalue weighted by Crippen LogP contribution is -2.53. The summed E-state index contributed by atoms with van der Waals surface area (Å²) in [6.07, 6.45) is 8.66. The average Bonchev–Trinajstić information content (AvgIpc) is 2.12. The minimum Gasteiger partial charge on any atom is -0.299 e. The van der Waals surface area contributed by atoms with Crippen LogP contribution in [0.1, 0.15) is 58.8 Å². The summed E-state index contributed by atoms with van der Waals surface area (Å²) >= 11 is 0. The molecule has 0 amide bonds. The molecular formula is C14H22O. The lowest BCUT2D eigenvalue weighted by molar-refractivity contribution is -0.152. The van der Waals surface area contributed by atoms with Crippen LogP contribution < -0.4 is 0 Å². The number of hydrogen-bond acceptors (Lipinski definition) is 1. The van der Waals surface area contributed by atoms with E-state index in [-0.39, 0.29) is 5.41 Å². The molecule has 4 aliphatic carbocycles. The van der Waals surface area contributed by atoms with Crippen LogP contribution >= 0.6 is 0 Å². The van der Waals surface area contributed by atoms with Crippen LogP contribution in [0, 0.1) is 22.7 Å². The highest BCUT2D eigenvalue weighted by Crippen LogP contribution is 2.65. The Morgan fingerprint density at radius 1 is 1.20 bits per heavy atom.